The lowest BCUT2D eigenvalue weighted by atomic mass is 10.1. The second-order valence-corrected chi connectivity index (χ2v) is 6.03. The molecule has 0 saturated carbocycles. The van der Waals surface area contributed by atoms with Gasteiger partial charge in [0.15, 0.2) is 0 Å². The summed E-state index contributed by atoms with van der Waals surface area (Å²) in [5, 5.41) is 6.58. The van der Waals surface area contributed by atoms with E-state index in [0.29, 0.717) is 11.6 Å². The van der Waals surface area contributed by atoms with Crippen molar-refractivity contribution in [2.24, 2.45) is 0 Å². The summed E-state index contributed by atoms with van der Waals surface area (Å²) in [6.07, 6.45) is 0. The van der Waals surface area contributed by atoms with Crippen molar-refractivity contribution in [2.75, 3.05) is 5.32 Å². The number of furan rings is 1. The molecule has 1 N–H and O–H groups in total. The van der Waals surface area contributed by atoms with Crippen molar-refractivity contribution in [1.29, 1.82) is 0 Å². The summed E-state index contributed by atoms with van der Waals surface area (Å²) in [6, 6.07) is 26.2. The maximum atomic E-state index is 6.23. The molecule has 0 saturated heterocycles. The number of benzene rings is 3. The first-order valence-electron chi connectivity index (χ1n) is 7.86. The van der Waals surface area contributed by atoms with Crippen LogP contribution >= 0.6 is 11.6 Å². The number of rotatable bonds is 4. The molecule has 0 bridgehead atoms. The second-order valence-electron chi connectivity index (χ2n) is 5.63. The molecule has 0 fully saturated rings. The second kappa shape index (κ2) is 6.42. The zero-order valence-electron chi connectivity index (χ0n) is 13.0. The lowest BCUT2D eigenvalue weighted by Crippen LogP contribution is -1.98. The molecule has 0 spiro atoms. The summed E-state index contributed by atoms with van der Waals surface area (Å²) in [4.78, 5) is 0. The van der Waals surface area contributed by atoms with Crippen LogP contribution in [0.2, 0.25) is 5.02 Å². The predicted molar refractivity (Wildman–Crippen MR) is 100 cm³/mol. The Morgan fingerprint density at radius 3 is 2.50 bits per heavy atom. The molecular formula is C21H16ClNO. The van der Waals surface area contributed by atoms with Crippen LogP contribution in [0.4, 0.5) is 5.69 Å². The van der Waals surface area contributed by atoms with Crippen LogP contribution in [0.15, 0.2) is 83.3 Å². The zero-order valence-corrected chi connectivity index (χ0v) is 13.8. The smallest absolute Gasteiger partial charge is 0.135 e. The molecule has 1 aromatic heterocycles. The summed E-state index contributed by atoms with van der Waals surface area (Å²) in [7, 11) is 0. The van der Waals surface area contributed by atoms with E-state index in [-0.39, 0.29) is 0 Å². The summed E-state index contributed by atoms with van der Waals surface area (Å²) in [5.41, 5.74) is 2.01. The summed E-state index contributed by atoms with van der Waals surface area (Å²) >= 11 is 6.23. The van der Waals surface area contributed by atoms with Gasteiger partial charge in [-0.2, -0.15) is 0 Å². The molecule has 1 heterocycles. The zero-order chi connectivity index (χ0) is 16.4. The Kier molecular flexibility index (Phi) is 3.97. The Bertz CT molecular complexity index is 984. The van der Waals surface area contributed by atoms with Gasteiger partial charge >= 0.3 is 0 Å². The van der Waals surface area contributed by atoms with Crippen LogP contribution in [0.25, 0.3) is 22.1 Å². The molecule has 0 unspecified atom stereocenters. The Morgan fingerprint density at radius 2 is 1.58 bits per heavy atom. The van der Waals surface area contributed by atoms with Crippen LogP contribution in [-0.4, -0.2) is 0 Å². The molecule has 2 nitrogen and oxygen atoms in total. The number of halogens is 1. The maximum Gasteiger partial charge on any atom is 0.135 e. The highest BCUT2D eigenvalue weighted by Gasteiger charge is 2.08. The molecule has 24 heavy (non-hydrogen) atoms. The van der Waals surface area contributed by atoms with E-state index in [1.807, 2.05) is 36.4 Å². The van der Waals surface area contributed by atoms with Crippen LogP contribution in [0.1, 0.15) is 5.76 Å². The van der Waals surface area contributed by atoms with Crippen LogP contribution < -0.4 is 5.32 Å². The standard InChI is InChI=1S/C21H16ClNO/c22-19-10-4-3-9-18(19)21-13-12-16(24-21)14-23-20-11-5-7-15-6-1-2-8-17(15)20/h1-13,23H,14H2. The topological polar surface area (TPSA) is 25.2 Å². The van der Waals surface area contributed by atoms with E-state index >= 15 is 0 Å². The summed E-state index contributed by atoms with van der Waals surface area (Å²) in [6.45, 7) is 0.623. The highest BCUT2D eigenvalue weighted by molar-refractivity contribution is 6.33. The van der Waals surface area contributed by atoms with Crippen molar-refractivity contribution in [3.63, 3.8) is 0 Å². The molecule has 3 heteroatoms. The highest BCUT2D eigenvalue weighted by Crippen LogP contribution is 2.29. The van der Waals surface area contributed by atoms with E-state index in [1.54, 1.807) is 0 Å². The van der Waals surface area contributed by atoms with Crippen molar-refractivity contribution < 1.29 is 4.42 Å². The van der Waals surface area contributed by atoms with Gasteiger partial charge in [-0.3, -0.25) is 0 Å². The number of nitrogens with one attached hydrogen (secondary N) is 1. The van der Waals surface area contributed by atoms with Crippen LogP contribution in [0, 0.1) is 0 Å². The molecule has 4 rings (SSSR count). The van der Waals surface area contributed by atoms with Crippen LogP contribution in [0.3, 0.4) is 0 Å². The van der Waals surface area contributed by atoms with Gasteiger partial charge < -0.3 is 9.73 Å². The molecule has 0 amide bonds. The molecule has 3 aromatic carbocycles. The van der Waals surface area contributed by atoms with E-state index < -0.39 is 0 Å². The van der Waals surface area contributed by atoms with E-state index in [9.17, 15) is 0 Å². The molecule has 0 aliphatic rings. The fourth-order valence-corrected chi connectivity index (χ4v) is 3.07. The first-order valence-corrected chi connectivity index (χ1v) is 8.24. The van der Waals surface area contributed by atoms with E-state index in [0.717, 1.165) is 22.8 Å². The third kappa shape index (κ3) is 2.89. The van der Waals surface area contributed by atoms with E-state index in [4.69, 9.17) is 16.0 Å². The van der Waals surface area contributed by atoms with Crippen LogP contribution in [0.5, 0.6) is 0 Å². The van der Waals surface area contributed by atoms with E-state index in [1.165, 1.54) is 10.8 Å². The van der Waals surface area contributed by atoms with Crippen molar-refractivity contribution in [3.8, 4) is 11.3 Å². The monoisotopic (exact) mass is 333 g/mol. The molecule has 0 aliphatic carbocycles. The van der Waals surface area contributed by atoms with Gasteiger partial charge in [0.25, 0.3) is 0 Å². The normalized spacial score (nSPS) is 10.9. The Hall–Kier alpha value is -2.71. The van der Waals surface area contributed by atoms with Crippen molar-refractivity contribution >= 4 is 28.1 Å². The number of hydrogen-bond acceptors (Lipinski definition) is 2. The van der Waals surface area contributed by atoms with E-state index in [2.05, 4.69) is 47.8 Å². The fraction of sp³-hybridized carbons (Fsp3) is 0.0476. The highest BCUT2D eigenvalue weighted by atomic mass is 35.5. The molecule has 0 aliphatic heterocycles. The quantitative estimate of drug-likeness (QED) is 0.469. The van der Waals surface area contributed by atoms with Gasteiger partial charge in [-0.05, 0) is 35.7 Å². The number of fused-ring (bicyclic) bond motifs is 1. The lowest BCUT2D eigenvalue weighted by Gasteiger charge is -2.08. The van der Waals surface area contributed by atoms with Gasteiger partial charge in [0.1, 0.15) is 11.5 Å². The molecule has 4 aromatic rings. The average Bonchev–Trinajstić information content (AvgIpc) is 3.09. The largest absolute Gasteiger partial charge is 0.459 e. The van der Waals surface area contributed by atoms with Gasteiger partial charge in [0.05, 0.1) is 11.6 Å². The van der Waals surface area contributed by atoms with Crippen molar-refractivity contribution in [1.82, 2.24) is 0 Å². The fourth-order valence-electron chi connectivity index (χ4n) is 2.84. The first-order chi connectivity index (χ1) is 11.8. The molecule has 118 valence electrons. The minimum atomic E-state index is 0.623. The minimum absolute atomic E-state index is 0.623. The molecule has 0 atom stereocenters. The van der Waals surface area contributed by atoms with Gasteiger partial charge in [-0.25, -0.2) is 0 Å². The minimum Gasteiger partial charge on any atom is -0.459 e. The SMILES string of the molecule is Clc1ccccc1-c1ccc(CNc2cccc3ccccc23)o1. The Morgan fingerprint density at radius 1 is 0.792 bits per heavy atom. The van der Waals surface area contributed by atoms with Crippen molar-refractivity contribution in [2.45, 2.75) is 6.54 Å². The van der Waals surface area contributed by atoms with Gasteiger partial charge in [0, 0.05) is 16.6 Å². The third-order valence-corrected chi connectivity index (χ3v) is 4.37. The maximum absolute atomic E-state index is 6.23. The number of anilines is 1. The Balaban J connectivity index is 1.56. The third-order valence-electron chi connectivity index (χ3n) is 4.04. The Labute approximate surface area is 145 Å². The van der Waals surface area contributed by atoms with Gasteiger partial charge in [-0.15, -0.1) is 0 Å². The average molecular weight is 334 g/mol. The summed E-state index contributed by atoms with van der Waals surface area (Å²) < 4.78 is 5.94. The van der Waals surface area contributed by atoms with Crippen molar-refractivity contribution in [3.05, 3.63) is 89.6 Å². The number of hydrogen-bond donors (Lipinski definition) is 1. The first kappa shape index (κ1) is 14.9. The lowest BCUT2D eigenvalue weighted by molar-refractivity contribution is 0.531. The van der Waals surface area contributed by atoms with Crippen LogP contribution in [-0.2, 0) is 6.54 Å². The van der Waals surface area contributed by atoms with Gasteiger partial charge in [0.2, 0.25) is 0 Å². The van der Waals surface area contributed by atoms with Gasteiger partial charge in [-0.1, -0.05) is 60.1 Å². The summed E-state index contributed by atoms with van der Waals surface area (Å²) in [5.74, 6) is 1.66. The molecular weight excluding hydrogens is 318 g/mol. The predicted octanol–water partition coefficient (Wildman–Crippen LogP) is 6.37. The molecule has 0 radical (unpaired) electrons.